The van der Waals surface area contributed by atoms with Gasteiger partial charge in [-0.05, 0) is 17.7 Å². The Morgan fingerprint density at radius 2 is 2.17 bits per heavy atom. The Hall–Kier alpha value is -1.74. The van der Waals surface area contributed by atoms with Gasteiger partial charge >= 0.3 is 0 Å². The fraction of sp³-hybridized carbons (Fsp3) is 0.333. The zero-order valence-corrected chi connectivity index (χ0v) is 10.3. The highest BCUT2D eigenvalue weighted by atomic mass is 32.2. The lowest BCUT2D eigenvalue weighted by atomic mass is 10.0. The molecule has 1 aliphatic carbocycles. The molecule has 4 nitrogen and oxygen atoms in total. The van der Waals surface area contributed by atoms with Gasteiger partial charge in [-0.2, -0.15) is 5.26 Å². The van der Waals surface area contributed by atoms with Crippen LogP contribution in [0, 0.1) is 22.6 Å². The average molecular weight is 267 g/mol. The minimum Gasteiger partial charge on any atom is -0.302 e. The Morgan fingerprint density at radius 1 is 1.50 bits per heavy atom. The maximum Gasteiger partial charge on any atom is 0.153 e. The number of hydrogen-bond acceptors (Lipinski definition) is 4. The Bertz CT molecular complexity index is 650. The number of aldehydes is 1. The highest BCUT2D eigenvalue weighted by molar-refractivity contribution is 7.91. The van der Waals surface area contributed by atoms with E-state index in [0.29, 0.717) is 11.8 Å². The first-order chi connectivity index (χ1) is 8.36. The number of nitrogens with zero attached hydrogens (tertiary/aromatic N) is 1. The molecule has 0 aromatic heterocycles. The summed E-state index contributed by atoms with van der Waals surface area (Å²) >= 11 is 0. The molecule has 0 bridgehead atoms. The smallest absolute Gasteiger partial charge is 0.153 e. The number of sulfone groups is 1. The molecule has 0 saturated heterocycles. The lowest BCUT2D eigenvalue weighted by Gasteiger charge is -1.99. The lowest BCUT2D eigenvalue weighted by Crippen LogP contribution is -2.14. The van der Waals surface area contributed by atoms with Gasteiger partial charge in [0.1, 0.15) is 17.5 Å². The molecular formula is C12H10FNO3S. The summed E-state index contributed by atoms with van der Waals surface area (Å²) < 4.78 is 36.3. The van der Waals surface area contributed by atoms with Crippen LogP contribution >= 0.6 is 0 Å². The van der Waals surface area contributed by atoms with Gasteiger partial charge in [-0.1, -0.05) is 12.1 Å². The molecule has 1 saturated carbocycles. The van der Waals surface area contributed by atoms with Gasteiger partial charge in [0.25, 0.3) is 0 Å². The Labute approximate surface area is 104 Å². The molecule has 1 aromatic rings. The molecule has 2 rings (SSSR count). The fourth-order valence-electron chi connectivity index (χ4n) is 2.43. The molecule has 94 valence electrons. The van der Waals surface area contributed by atoms with Crippen molar-refractivity contribution >= 4 is 16.1 Å². The Morgan fingerprint density at radius 3 is 2.56 bits per heavy atom. The van der Waals surface area contributed by atoms with Gasteiger partial charge in [0, 0.05) is 12.2 Å². The van der Waals surface area contributed by atoms with Crippen molar-refractivity contribution in [1.29, 1.82) is 5.26 Å². The predicted octanol–water partition coefficient (Wildman–Crippen LogP) is 1.04. The summed E-state index contributed by atoms with van der Waals surface area (Å²) in [6, 6.07) is 7.08. The van der Waals surface area contributed by atoms with Gasteiger partial charge in [-0.15, -0.1) is 0 Å². The second-order valence-corrected chi connectivity index (χ2v) is 6.61. The van der Waals surface area contributed by atoms with Crippen LogP contribution in [0.15, 0.2) is 24.3 Å². The van der Waals surface area contributed by atoms with Crippen LogP contribution in [0.1, 0.15) is 11.5 Å². The quantitative estimate of drug-likeness (QED) is 0.767. The summed E-state index contributed by atoms with van der Waals surface area (Å²) in [5.74, 6) is -1.31. The van der Waals surface area contributed by atoms with Gasteiger partial charge in [0.15, 0.2) is 9.84 Å². The zero-order chi connectivity index (χ0) is 13.6. The van der Waals surface area contributed by atoms with E-state index in [1.54, 1.807) is 6.07 Å². The third-order valence-electron chi connectivity index (χ3n) is 3.24. The van der Waals surface area contributed by atoms with Crippen LogP contribution in [-0.4, -0.2) is 26.2 Å². The first-order valence-electron chi connectivity index (χ1n) is 5.18. The molecule has 0 spiro atoms. The van der Waals surface area contributed by atoms with Crippen LogP contribution in [-0.2, 0) is 14.6 Å². The van der Waals surface area contributed by atoms with Crippen molar-refractivity contribution in [2.24, 2.45) is 5.41 Å². The molecule has 6 heteroatoms. The summed E-state index contributed by atoms with van der Waals surface area (Å²) in [6.45, 7) is 0. The molecule has 0 aliphatic heterocycles. The van der Waals surface area contributed by atoms with Crippen molar-refractivity contribution < 1.29 is 17.6 Å². The molecule has 0 unspecified atom stereocenters. The van der Waals surface area contributed by atoms with Crippen LogP contribution < -0.4 is 0 Å². The topological polar surface area (TPSA) is 75.0 Å². The summed E-state index contributed by atoms with van der Waals surface area (Å²) in [4.78, 5) is 11.1. The van der Waals surface area contributed by atoms with E-state index >= 15 is 0 Å². The van der Waals surface area contributed by atoms with E-state index in [1.165, 1.54) is 18.2 Å². The third kappa shape index (κ3) is 1.71. The maximum atomic E-state index is 13.1. The van der Waals surface area contributed by atoms with Gasteiger partial charge in [-0.3, -0.25) is 0 Å². The maximum absolute atomic E-state index is 13.1. The monoisotopic (exact) mass is 267 g/mol. The highest BCUT2D eigenvalue weighted by Crippen LogP contribution is 2.61. The van der Waals surface area contributed by atoms with Crippen molar-refractivity contribution in [2.45, 2.75) is 11.2 Å². The number of rotatable bonds is 3. The number of carbonyl (C=O) groups is 1. The minimum atomic E-state index is -3.55. The van der Waals surface area contributed by atoms with E-state index in [0.717, 1.165) is 12.3 Å². The van der Waals surface area contributed by atoms with Crippen molar-refractivity contribution in [2.75, 3.05) is 6.26 Å². The van der Waals surface area contributed by atoms with Gasteiger partial charge in [0.2, 0.25) is 0 Å². The lowest BCUT2D eigenvalue weighted by molar-refractivity contribution is -0.110. The number of halogens is 1. The van der Waals surface area contributed by atoms with E-state index < -0.39 is 32.2 Å². The molecule has 1 aliphatic rings. The molecule has 1 fully saturated rings. The van der Waals surface area contributed by atoms with E-state index in [4.69, 9.17) is 5.26 Å². The first-order valence-corrected chi connectivity index (χ1v) is 7.14. The first kappa shape index (κ1) is 12.7. The largest absolute Gasteiger partial charge is 0.302 e. The molecule has 18 heavy (non-hydrogen) atoms. The summed E-state index contributed by atoms with van der Waals surface area (Å²) in [7, 11) is -3.55. The Balaban J connectivity index is 2.52. The summed E-state index contributed by atoms with van der Waals surface area (Å²) in [6.07, 6.45) is 1.33. The van der Waals surface area contributed by atoms with Crippen LogP contribution in [0.25, 0.3) is 0 Å². The van der Waals surface area contributed by atoms with E-state index in [-0.39, 0.29) is 0 Å². The SMILES string of the molecule is CS(=O)(=O)[C@@H]1[C@@H](c2cccc(F)c2)[C@]1(C#N)C=O. The summed E-state index contributed by atoms with van der Waals surface area (Å²) in [5.41, 5.74) is -1.22. The average Bonchev–Trinajstić information content (AvgIpc) is 2.98. The normalized spacial score (nSPS) is 30.5. The number of hydrogen-bond donors (Lipinski definition) is 0. The predicted molar refractivity (Wildman–Crippen MR) is 61.9 cm³/mol. The molecule has 1 aromatic carbocycles. The van der Waals surface area contributed by atoms with Gasteiger partial charge in [-0.25, -0.2) is 12.8 Å². The fourth-order valence-corrected chi connectivity index (χ4v) is 4.19. The number of benzene rings is 1. The second-order valence-electron chi connectivity index (χ2n) is 4.45. The second kappa shape index (κ2) is 3.89. The van der Waals surface area contributed by atoms with Crippen molar-refractivity contribution in [1.82, 2.24) is 0 Å². The number of nitriles is 1. The van der Waals surface area contributed by atoms with E-state index in [2.05, 4.69) is 0 Å². The van der Waals surface area contributed by atoms with Crippen molar-refractivity contribution in [3.8, 4) is 6.07 Å². The van der Waals surface area contributed by atoms with E-state index in [1.807, 2.05) is 0 Å². The Kier molecular flexibility index (Phi) is 2.74. The third-order valence-corrected chi connectivity index (χ3v) is 4.82. The van der Waals surface area contributed by atoms with E-state index in [9.17, 15) is 17.6 Å². The van der Waals surface area contributed by atoms with Crippen LogP contribution in [0.2, 0.25) is 0 Å². The summed E-state index contributed by atoms with van der Waals surface area (Å²) in [5, 5.41) is 7.96. The standard InChI is InChI=1S/C12H10FNO3S/c1-18(16,17)11-10(12(11,6-14)7-15)8-3-2-4-9(13)5-8/h2-5,7,10-11H,1H3/t10-,11-,12+/m1/s1. The molecule has 0 N–H and O–H groups in total. The van der Waals surface area contributed by atoms with Gasteiger partial charge < -0.3 is 4.79 Å². The molecule has 0 heterocycles. The van der Waals surface area contributed by atoms with Crippen molar-refractivity contribution in [3.63, 3.8) is 0 Å². The van der Waals surface area contributed by atoms with Crippen molar-refractivity contribution in [3.05, 3.63) is 35.6 Å². The minimum absolute atomic E-state index is 0.355. The van der Waals surface area contributed by atoms with Crippen LogP contribution in [0.3, 0.4) is 0 Å². The zero-order valence-electron chi connectivity index (χ0n) is 9.50. The molecule has 3 atom stereocenters. The van der Waals surface area contributed by atoms with Gasteiger partial charge in [0.05, 0.1) is 11.3 Å². The van der Waals surface area contributed by atoms with Crippen LogP contribution in [0.5, 0.6) is 0 Å². The molecule has 0 radical (unpaired) electrons. The van der Waals surface area contributed by atoms with Crippen LogP contribution in [0.4, 0.5) is 4.39 Å². The number of carbonyl (C=O) groups excluding carboxylic acids is 1. The highest BCUT2D eigenvalue weighted by Gasteiger charge is 2.71. The molecule has 0 amide bonds. The molecular weight excluding hydrogens is 257 g/mol.